The molecule has 5 heteroatoms. The van der Waals surface area contributed by atoms with E-state index < -0.39 is 0 Å². The molecule has 1 atom stereocenters. The number of halogens is 1. The van der Waals surface area contributed by atoms with Crippen LogP contribution in [0.25, 0.3) is 0 Å². The maximum atomic E-state index is 13.6. The summed E-state index contributed by atoms with van der Waals surface area (Å²) in [5, 5.41) is 7.37. The van der Waals surface area contributed by atoms with Crippen molar-refractivity contribution < 1.29 is 8.91 Å². The van der Waals surface area contributed by atoms with Gasteiger partial charge in [0.25, 0.3) is 0 Å². The minimum Gasteiger partial charge on any atom is -0.339 e. The minimum atomic E-state index is -0.233. The molecule has 0 radical (unpaired) electrons. The van der Waals surface area contributed by atoms with E-state index in [4.69, 9.17) is 4.52 Å². The Bertz CT molecular complexity index is 564. The third-order valence-corrected chi connectivity index (χ3v) is 3.68. The van der Waals surface area contributed by atoms with Crippen molar-refractivity contribution in [1.29, 1.82) is 0 Å². The van der Waals surface area contributed by atoms with Gasteiger partial charge in [-0.05, 0) is 43.5 Å². The van der Waals surface area contributed by atoms with Gasteiger partial charge in [-0.1, -0.05) is 23.4 Å². The Balaban J connectivity index is 1.63. The summed E-state index contributed by atoms with van der Waals surface area (Å²) in [6, 6.07) is 6.67. The van der Waals surface area contributed by atoms with E-state index in [1.807, 2.05) is 6.07 Å². The van der Waals surface area contributed by atoms with Crippen LogP contribution in [0.15, 0.2) is 28.8 Å². The fraction of sp³-hybridized carbons (Fsp3) is 0.467. The molecule has 1 N–H and O–H groups in total. The quantitative estimate of drug-likeness (QED) is 0.930. The van der Waals surface area contributed by atoms with Crippen molar-refractivity contribution in [3.05, 3.63) is 47.4 Å². The van der Waals surface area contributed by atoms with E-state index in [-0.39, 0.29) is 5.82 Å². The lowest BCUT2D eigenvalue weighted by molar-refractivity contribution is 0.351. The van der Waals surface area contributed by atoms with Crippen LogP contribution in [0.1, 0.15) is 30.1 Å². The lowest BCUT2D eigenvalue weighted by Gasteiger charge is -2.20. The molecule has 2 aromatic rings. The van der Waals surface area contributed by atoms with Crippen LogP contribution in [0.4, 0.5) is 4.39 Å². The molecule has 1 unspecified atom stereocenters. The van der Waals surface area contributed by atoms with E-state index in [0.29, 0.717) is 23.8 Å². The molecule has 4 nitrogen and oxygen atoms in total. The highest BCUT2D eigenvalue weighted by Crippen LogP contribution is 2.16. The Hall–Kier alpha value is -1.75. The SMILES string of the molecule is Fc1ccccc1Cc1nc(CC2CCCNC2)no1. The first-order valence-corrected chi connectivity index (χ1v) is 7.07. The van der Waals surface area contributed by atoms with E-state index >= 15 is 0 Å². The van der Waals surface area contributed by atoms with Crippen molar-refractivity contribution in [1.82, 2.24) is 15.5 Å². The van der Waals surface area contributed by atoms with Crippen LogP contribution >= 0.6 is 0 Å². The first kappa shape index (κ1) is 13.2. The van der Waals surface area contributed by atoms with Gasteiger partial charge in [0.15, 0.2) is 5.82 Å². The number of aromatic nitrogens is 2. The van der Waals surface area contributed by atoms with E-state index in [0.717, 1.165) is 25.3 Å². The number of rotatable bonds is 4. The van der Waals surface area contributed by atoms with Crippen LogP contribution in [0, 0.1) is 11.7 Å². The zero-order chi connectivity index (χ0) is 13.8. The van der Waals surface area contributed by atoms with E-state index in [9.17, 15) is 4.39 Å². The standard InChI is InChI=1S/C15H18FN3O/c16-13-6-2-1-5-12(13)9-15-18-14(19-20-15)8-11-4-3-7-17-10-11/h1-2,5-6,11,17H,3-4,7-10H2. The van der Waals surface area contributed by atoms with Crippen molar-refractivity contribution in [3.63, 3.8) is 0 Å². The average molecular weight is 275 g/mol. The first-order valence-electron chi connectivity index (χ1n) is 7.07. The topological polar surface area (TPSA) is 51.0 Å². The Labute approximate surface area is 117 Å². The van der Waals surface area contributed by atoms with Gasteiger partial charge >= 0.3 is 0 Å². The third kappa shape index (κ3) is 3.22. The molecule has 1 aliphatic heterocycles. The van der Waals surface area contributed by atoms with Gasteiger partial charge in [0.1, 0.15) is 5.82 Å². The largest absolute Gasteiger partial charge is 0.339 e. The van der Waals surface area contributed by atoms with Crippen molar-refractivity contribution >= 4 is 0 Å². The van der Waals surface area contributed by atoms with E-state index in [1.165, 1.54) is 18.9 Å². The lowest BCUT2D eigenvalue weighted by atomic mass is 9.96. The van der Waals surface area contributed by atoms with E-state index in [1.54, 1.807) is 12.1 Å². The molecule has 0 spiro atoms. The molecular weight excluding hydrogens is 257 g/mol. The van der Waals surface area contributed by atoms with Gasteiger partial charge in [-0.3, -0.25) is 0 Å². The molecular formula is C15H18FN3O. The molecule has 1 fully saturated rings. The highest BCUT2D eigenvalue weighted by Gasteiger charge is 2.17. The van der Waals surface area contributed by atoms with Gasteiger partial charge in [-0.25, -0.2) is 4.39 Å². The van der Waals surface area contributed by atoms with E-state index in [2.05, 4.69) is 15.5 Å². The Morgan fingerprint density at radius 1 is 1.35 bits per heavy atom. The summed E-state index contributed by atoms with van der Waals surface area (Å²) < 4.78 is 18.8. The second-order valence-corrected chi connectivity index (χ2v) is 5.29. The lowest BCUT2D eigenvalue weighted by Crippen LogP contribution is -2.31. The van der Waals surface area contributed by atoms with Crippen LogP contribution in [-0.2, 0) is 12.8 Å². The second-order valence-electron chi connectivity index (χ2n) is 5.29. The zero-order valence-electron chi connectivity index (χ0n) is 11.3. The predicted molar refractivity (Wildman–Crippen MR) is 72.8 cm³/mol. The van der Waals surface area contributed by atoms with Gasteiger partial charge < -0.3 is 9.84 Å². The number of nitrogens with one attached hydrogen (secondary N) is 1. The van der Waals surface area contributed by atoms with Crippen molar-refractivity contribution in [2.45, 2.75) is 25.7 Å². The Morgan fingerprint density at radius 3 is 3.05 bits per heavy atom. The maximum Gasteiger partial charge on any atom is 0.231 e. The zero-order valence-corrected chi connectivity index (χ0v) is 11.3. The van der Waals surface area contributed by atoms with Crippen LogP contribution in [0.5, 0.6) is 0 Å². The summed E-state index contributed by atoms with van der Waals surface area (Å²) in [6.45, 7) is 2.11. The van der Waals surface area contributed by atoms with Crippen LogP contribution in [0.3, 0.4) is 0 Å². The molecule has 0 bridgehead atoms. The summed E-state index contributed by atoms with van der Waals surface area (Å²) in [6.07, 6.45) is 3.57. The fourth-order valence-corrected chi connectivity index (χ4v) is 2.61. The Morgan fingerprint density at radius 2 is 2.25 bits per heavy atom. The molecule has 0 saturated carbocycles. The third-order valence-electron chi connectivity index (χ3n) is 3.68. The smallest absolute Gasteiger partial charge is 0.231 e. The van der Waals surface area contributed by atoms with Crippen LogP contribution < -0.4 is 5.32 Å². The van der Waals surface area contributed by atoms with Gasteiger partial charge in [-0.2, -0.15) is 4.98 Å². The number of piperidine rings is 1. The molecule has 0 amide bonds. The van der Waals surface area contributed by atoms with Crippen LogP contribution in [-0.4, -0.2) is 23.2 Å². The first-order chi connectivity index (χ1) is 9.81. The minimum absolute atomic E-state index is 0.233. The van der Waals surface area contributed by atoms with Crippen molar-refractivity contribution in [3.8, 4) is 0 Å². The molecule has 1 saturated heterocycles. The number of benzene rings is 1. The summed E-state index contributed by atoms with van der Waals surface area (Å²) >= 11 is 0. The monoisotopic (exact) mass is 275 g/mol. The summed E-state index contributed by atoms with van der Waals surface area (Å²) in [5.41, 5.74) is 0.585. The maximum absolute atomic E-state index is 13.6. The fourth-order valence-electron chi connectivity index (χ4n) is 2.61. The van der Waals surface area contributed by atoms with Crippen LogP contribution in [0.2, 0.25) is 0 Å². The summed E-state index contributed by atoms with van der Waals surface area (Å²) in [4.78, 5) is 4.37. The van der Waals surface area contributed by atoms with Gasteiger partial charge in [0.2, 0.25) is 5.89 Å². The molecule has 3 rings (SSSR count). The molecule has 1 aromatic carbocycles. The Kier molecular flexibility index (Phi) is 4.06. The predicted octanol–water partition coefficient (Wildman–Crippen LogP) is 2.34. The van der Waals surface area contributed by atoms with Gasteiger partial charge in [-0.15, -0.1) is 0 Å². The molecule has 0 aliphatic carbocycles. The molecule has 106 valence electrons. The highest BCUT2D eigenvalue weighted by molar-refractivity contribution is 5.20. The van der Waals surface area contributed by atoms with Crippen molar-refractivity contribution in [2.24, 2.45) is 5.92 Å². The van der Waals surface area contributed by atoms with Crippen molar-refractivity contribution in [2.75, 3.05) is 13.1 Å². The molecule has 20 heavy (non-hydrogen) atoms. The number of hydrogen-bond donors (Lipinski definition) is 1. The molecule has 2 heterocycles. The molecule has 1 aliphatic rings. The highest BCUT2D eigenvalue weighted by atomic mass is 19.1. The average Bonchev–Trinajstić information content (AvgIpc) is 2.90. The number of nitrogens with zero attached hydrogens (tertiary/aromatic N) is 2. The summed E-state index contributed by atoms with van der Waals surface area (Å²) in [7, 11) is 0. The second kappa shape index (κ2) is 6.13. The molecule has 1 aromatic heterocycles. The van der Waals surface area contributed by atoms with Gasteiger partial charge in [0.05, 0.1) is 6.42 Å². The summed E-state index contributed by atoms with van der Waals surface area (Å²) in [5.74, 6) is 1.55. The van der Waals surface area contributed by atoms with Gasteiger partial charge in [0, 0.05) is 6.42 Å². The normalized spacial score (nSPS) is 19.1. The number of hydrogen-bond acceptors (Lipinski definition) is 4.